The van der Waals surface area contributed by atoms with Crippen LogP contribution in [0.2, 0.25) is 0 Å². The third-order valence-corrected chi connectivity index (χ3v) is 5.57. The second kappa shape index (κ2) is 10.6. The Morgan fingerprint density at radius 1 is 1.07 bits per heavy atom. The summed E-state index contributed by atoms with van der Waals surface area (Å²) in [5.41, 5.74) is 2.30. The summed E-state index contributed by atoms with van der Waals surface area (Å²) in [4.78, 5) is 28.1. The quantitative estimate of drug-likeness (QED) is 0.383. The van der Waals surface area contributed by atoms with E-state index in [0.29, 0.717) is 0 Å². The number of para-hydroxylation sites is 1. The molecule has 8 heteroatoms. The number of fused-ring (bicyclic) bond motifs is 1. The lowest BCUT2D eigenvalue weighted by Crippen LogP contribution is -2.54. The lowest BCUT2D eigenvalue weighted by Gasteiger charge is -2.37. The molecular formula is C22H29IN6O. The number of pyridine rings is 1. The Labute approximate surface area is 195 Å². The standard InChI is InChI=1S/C22H28N6O.HI/c1-23-22(27-15-13-26(14-16-27)20-10-4-5-11-24-20)25-17-21(29)28-12-6-8-18-7-2-3-9-19(18)28;/h2-5,7,9-11H,6,8,12-17H2,1H3,(H,23,25);1H. The highest BCUT2D eigenvalue weighted by Gasteiger charge is 2.24. The van der Waals surface area contributed by atoms with Gasteiger partial charge in [-0.15, -0.1) is 24.0 Å². The van der Waals surface area contributed by atoms with Crippen molar-refractivity contribution in [1.82, 2.24) is 15.2 Å². The number of nitrogens with one attached hydrogen (secondary N) is 1. The van der Waals surface area contributed by atoms with Crippen LogP contribution in [0.4, 0.5) is 11.5 Å². The number of piperazine rings is 1. The van der Waals surface area contributed by atoms with Crippen LogP contribution in [-0.2, 0) is 11.2 Å². The van der Waals surface area contributed by atoms with Gasteiger partial charge in [0.15, 0.2) is 5.96 Å². The summed E-state index contributed by atoms with van der Waals surface area (Å²) >= 11 is 0. The van der Waals surface area contributed by atoms with E-state index in [9.17, 15) is 4.79 Å². The highest BCUT2D eigenvalue weighted by Crippen LogP contribution is 2.26. The van der Waals surface area contributed by atoms with Gasteiger partial charge in [-0.05, 0) is 36.6 Å². The lowest BCUT2D eigenvalue weighted by atomic mass is 10.0. The molecule has 160 valence electrons. The molecule has 0 bridgehead atoms. The molecule has 1 saturated heterocycles. The Balaban J connectivity index is 0.00000256. The van der Waals surface area contributed by atoms with Gasteiger partial charge in [0.05, 0.1) is 6.54 Å². The number of hydrogen-bond acceptors (Lipinski definition) is 4. The maximum absolute atomic E-state index is 12.9. The van der Waals surface area contributed by atoms with Crippen LogP contribution in [0.3, 0.4) is 0 Å². The minimum absolute atomic E-state index is 0. The number of nitrogens with zero attached hydrogens (tertiary/aromatic N) is 5. The van der Waals surface area contributed by atoms with Crippen molar-refractivity contribution in [3.05, 3.63) is 54.2 Å². The number of halogens is 1. The fraction of sp³-hybridized carbons (Fsp3) is 0.409. The smallest absolute Gasteiger partial charge is 0.246 e. The number of aliphatic imine (C=N–C) groups is 1. The molecule has 0 spiro atoms. The van der Waals surface area contributed by atoms with Crippen molar-refractivity contribution < 1.29 is 4.79 Å². The summed E-state index contributed by atoms with van der Waals surface area (Å²) in [6.07, 6.45) is 3.87. The van der Waals surface area contributed by atoms with Crippen molar-refractivity contribution in [2.24, 2.45) is 4.99 Å². The summed E-state index contributed by atoms with van der Waals surface area (Å²) in [5.74, 6) is 1.88. The van der Waals surface area contributed by atoms with Gasteiger partial charge in [0, 0.05) is 51.7 Å². The molecular weight excluding hydrogens is 491 g/mol. The molecule has 0 unspecified atom stereocenters. The first-order valence-corrected chi connectivity index (χ1v) is 10.3. The minimum Gasteiger partial charge on any atom is -0.353 e. The average Bonchev–Trinajstić information content (AvgIpc) is 2.80. The normalized spacial score (nSPS) is 16.6. The molecule has 0 radical (unpaired) electrons. The van der Waals surface area contributed by atoms with E-state index in [1.807, 2.05) is 47.5 Å². The maximum atomic E-state index is 12.9. The van der Waals surface area contributed by atoms with Crippen molar-refractivity contribution in [3.63, 3.8) is 0 Å². The Bertz CT molecular complexity index is 867. The molecule has 0 saturated carbocycles. The minimum atomic E-state index is 0. The maximum Gasteiger partial charge on any atom is 0.246 e. The average molecular weight is 520 g/mol. The van der Waals surface area contributed by atoms with Gasteiger partial charge in [-0.25, -0.2) is 4.98 Å². The van der Waals surface area contributed by atoms with Crippen LogP contribution in [0.1, 0.15) is 12.0 Å². The molecule has 2 aliphatic rings. The number of benzene rings is 1. The monoisotopic (exact) mass is 520 g/mol. The van der Waals surface area contributed by atoms with E-state index >= 15 is 0 Å². The van der Waals surface area contributed by atoms with Gasteiger partial charge in [-0.1, -0.05) is 24.3 Å². The Hall–Kier alpha value is -2.36. The molecule has 1 amide bonds. The molecule has 2 aliphatic heterocycles. The number of carbonyl (C=O) groups is 1. The zero-order valence-electron chi connectivity index (χ0n) is 17.3. The molecule has 1 fully saturated rings. The van der Waals surface area contributed by atoms with Gasteiger partial charge >= 0.3 is 0 Å². The second-order valence-corrected chi connectivity index (χ2v) is 7.34. The molecule has 2 aromatic rings. The predicted molar refractivity (Wildman–Crippen MR) is 132 cm³/mol. The van der Waals surface area contributed by atoms with Crippen molar-refractivity contribution >= 4 is 47.3 Å². The number of aryl methyl sites for hydroxylation is 1. The molecule has 0 aliphatic carbocycles. The summed E-state index contributed by atoms with van der Waals surface area (Å²) in [7, 11) is 1.77. The number of guanidine groups is 1. The number of hydrogen-bond donors (Lipinski definition) is 1. The largest absolute Gasteiger partial charge is 0.353 e. The summed E-state index contributed by atoms with van der Waals surface area (Å²) < 4.78 is 0. The fourth-order valence-corrected chi connectivity index (χ4v) is 4.06. The first kappa shape index (κ1) is 22.3. The van der Waals surface area contributed by atoms with Gasteiger partial charge in [-0.2, -0.15) is 0 Å². The van der Waals surface area contributed by atoms with Crippen LogP contribution in [0.5, 0.6) is 0 Å². The highest BCUT2D eigenvalue weighted by molar-refractivity contribution is 14.0. The van der Waals surface area contributed by atoms with Crippen LogP contribution in [0.25, 0.3) is 0 Å². The first-order valence-electron chi connectivity index (χ1n) is 10.3. The van der Waals surface area contributed by atoms with E-state index in [2.05, 4.69) is 31.2 Å². The predicted octanol–water partition coefficient (Wildman–Crippen LogP) is 2.38. The van der Waals surface area contributed by atoms with E-state index in [1.165, 1.54) is 5.56 Å². The molecule has 1 aromatic heterocycles. The Morgan fingerprint density at radius 2 is 1.83 bits per heavy atom. The van der Waals surface area contributed by atoms with E-state index in [1.54, 1.807) is 7.05 Å². The molecule has 30 heavy (non-hydrogen) atoms. The molecule has 7 nitrogen and oxygen atoms in total. The first-order chi connectivity index (χ1) is 14.3. The van der Waals surface area contributed by atoms with Crippen LogP contribution < -0.4 is 15.1 Å². The third kappa shape index (κ3) is 5.03. The van der Waals surface area contributed by atoms with Crippen LogP contribution in [-0.4, -0.2) is 68.1 Å². The van der Waals surface area contributed by atoms with E-state index in [-0.39, 0.29) is 36.4 Å². The zero-order valence-corrected chi connectivity index (χ0v) is 19.7. The molecule has 3 heterocycles. The lowest BCUT2D eigenvalue weighted by molar-refractivity contribution is -0.117. The van der Waals surface area contributed by atoms with Crippen molar-refractivity contribution in [2.75, 3.05) is 56.1 Å². The van der Waals surface area contributed by atoms with Crippen LogP contribution >= 0.6 is 24.0 Å². The van der Waals surface area contributed by atoms with Gasteiger partial charge < -0.3 is 20.0 Å². The molecule has 0 atom stereocenters. The van der Waals surface area contributed by atoms with Crippen molar-refractivity contribution in [2.45, 2.75) is 12.8 Å². The van der Waals surface area contributed by atoms with Gasteiger partial charge in [0.1, 0.15) is 5.82 Å². The summed E-state index contributed by atoms with van der Waals surface area (Å²) in [6, 6.07) is 14.2. The third-order valence-electron chi connectivity index (χ3n) is 5.57. The van der Waals surface area contributed by atoms with E-state index < -0.39 is 0 Å². The van der Waals surface area contributed by atoms with Crippen molar-refractivity contribution in [3.8, 4) is 0 Å². The van der Waals surface area contributed by atoms with E-state index in [0.717, 1.165) is 63.0 Å². The number of rotatable bonds is 3. The molecule has 4 rings (SSSR count). The fourth-order valence-electron chi connectivity index (χ4n) is 4.06. The topological polar surface area (TPSA) is 64.1 Å². The molecule has 1 N–H and O–H groups in total. The zero-order chi connectivity index (χ0) is 20.1. The highest BCUT2D eigenvalue weighted by atomic mass is 127. The van der Waals surface area contributed by atoms with Crippen molar-refractivity contribution in [1.29, 1.82) is 0 Å². The van der Waals surface area contributed by atoms with Crippen LogP contribution in [0, 0.1) is 0 Å². The summed E-state index contributed by atoms with van der Waals surface area (Å²) in [6.45, 7) is 4.48. The second-order valence-electron chi connectivity index (χ2n) is 7.34. The van der Waals surface area contributed by atoms with E-state index in [4.69, 9.17) is 0 Å². The Kier molecular flexibility index (Phi) is 7.89. The number of carbonyl (C=O) groups excluding carboxylic acids is 1. The van der Waals surface area contributed by atoms with Crippen LogP contribution in [0.15, 0.2) is 53.7 Å². The van der Waals surface area contributed by atoms with Gasteiger partial charge in [-0.3, -0.25) is 9.79 Å². The summed E-state index contributed by atoms with van der Waals surface area (Å²) in [5, 5.41) is 3.27. The number of amides is 1. The SMILES string of the molecule is CN=C(NCC(=O)N1CCCc2ccccc21)N1CCN(c2ccccn2)CC1.I. The number of aromatic nitrogens is 1. The Morgan fingerprint density at radius 3 is 2.57 bits per heavy atom. The van der Waals surface area contributed by atoms with Gasteiger partial charge in [0.2, 0.25) is 5.91 Å². The molecule has 1 aromatic carbocycles. The number of anilines is 2. The van der Waals surface area contributed by atoms with Gasteiger partial charge in [0.25, 0.3) is 0 Å².